The molecule has 0 amide bonds. The minimum Gasteiger partial charge on any atom is -0.293 e. The first-order chi connectivity index (χ1) is 7.84. The Hall–Kier alpha value is -0.760. The van der Waals surface area contributed by atoms with Crippen molar-refractivity contribution in [3.8, 4) is 0 Å². The SMILES string of the molecule is O=C(c1ccc2c(c1)CCC2)C1CCCS1. The van der Waals surface area contributed by atoms with Crippen LogP contribution < -0.4 is 0 Å². The minimum absolute atomic E-state index is 0.236. The quantitative estimate of drug-likeness (QED) is 0.728. The van der Waals surface area contributed by atoms with E-state index in [1.165, 1.54) is 30.4 Å². The highest BCUT2D eigenvalue weighted by atomic mass is 32.2. The fourth-order valence-electron chi connectivity index (χ4n) is 2.70. The summed E-state index contributed by atoms with van der Waals surface area (Å²) in [6.45, 7) is 0. The maximum Gasteiger partial charge on any atom is 0.175 e. The molecule has 1 fully saturated rings. The number of fused-ring (bicyclic) bond motifs is 1. The zero-order chi connectivity index (χ0) is 11.0. The van der Waals surface area contributed by atoms with Crippen LogP contribution in [0.25, 0.3) is 0 Å². The Kier molecular flexibility index (Phi) is 2.76. The fourth-order valence-corrected chi connectivity index (χ4v) is 3.93. The van der Waals surface area contributed by atoms with E-state index < -0.39 is 0 Å². The van der Waals surface area contributed by atoms with Crippen LogP contribution in [-0.2, 0) is 12.8 Å². The van der Waals surface area contributed by atoms with E-state index in [9.17, 15) is 4.79 Å². The summed E-state index contributed by atoms with van der Waals surface area (Å²) in [5, 5.41) is 0.236. The molecule has 0 saturated carbocycles. The van der Waals surface area contributed by atoms with Crippen LogP contribution in [0.4, 0.5) is 0 Å². The molecule has 3 rings (SSSR count). The van der Waals surface area contributed by atoms with Crippen LogP contribution in [0.5, 0.6) is 0 Å². The van der Waals surface area contributed by atoms with Crippen LogP contribution >= 0.6 is 11.8 Å². The number of thioether (sulfide) groups is 1. The number of aryl methyl sites for hydroxylation is 2. The summed E-state index contributed by atoms with van der Waals surface area (Å²) in [5.74, 6) is 1.51. The monoisotopic (exact) mass is 232 g/mol. The molecule has 0 spiro atoms. The highest BCUT2D eigenvalue weighted by molar-refractivity contribution is 8.00. The molecule has 84 valence electrons. The van der Waals surface area contributed by atoms with Gasteiger partial charge in [-0.05, 0) is 55.1 Å². The van der Waals surface area contributed by atoms with Crippen molar-refractivity contribution in [2.75, 3.05) is 5.75 Å². The van der Waals surface area contributed by atoms with Gasteiger partial charge in [0.1, 0.15) is 0 Å². The third-order valence-electron chi connectivity index (χ3n) is 3.61. The van der Waals surface area contributed by atoms with Crippen molar-refractivity contribution in [3.05, 3.63) is 34.9 Å². The maximum atomic E-state index is 12.2. The van der Waals surface area contributed by atoms with Crippen molar-refractivity contribution in [3.63, 3.8) is 0 Å². The summed E-state index contributed by atoms with van der Waals surface area (Å²) in [6.07, 6.45) is 5.88. The lowest BCUT2D eigenvalue weighted by molar-refractivity contribution is 0.0988. The molecule has 1 aromatic rings. The average molecular weight is 232 g/mol. The summed E-state index contributed by atoms with van der Waals surface area (Å²) >= 11 is 1.83. The van der Waals surface area contributed by atoms with Gasteiger partial charge >= 0.3 is 0 Å². The van der Waals surface area contributed by atoms with E-state index in [4.69, 9.17) is 0 Å². The summed E-state index contributed by atoms with van der Waals surface area (Å²) in [5.41, 5.74) is 3.81. The number of ketones is 1. The van der Waals surface area contributed by atoms with Gasteiger partial charge in [-0.2, -0.15) is 11.8 Å². The van der Waals surface area contributed by atoms with Crippen molar-refractivity contribution in [1.29, 1.82) is 0 Å². The molecule has 1 aliphatic carbocycles. The van der Waals surface area contributed by atoms with Crippen LogP contribution in [0.3, 0.4) is 0 Å². The second kappa shape index (κ2) is 4.25. The Bertz CT molecular complexity index is 419. The molecule has 0 N–H and O–H groups in total. The number of hydrogen-bond acceptors (Lipinski definition) is 2. The van der Waals surface area contributed by atoms with Gasteiger partial charge in [-0.1, -0.05) is 12.1 Å². The topological polar surface area (TPSA) is 17.1 Å². The van der Waals surface area contributed by atoms with E-state index in [1.54, 1.807) is 0 Å². The molecular formula is C14H16OS. The predicted octanol–water partition coefficient (Wildman–Crippen LogP) is 3.25. The normalized spacial score (nSPS) is 23.4. The van der Waals surface area contributed by atoms with Crippen LogP contribution in [0.2, 0.25) is 0 Å². The number of carbonyl (C=O) groups excluding carboxylic acids is 1. The van der Waals surface area contributed by atoms with Crippen molar-refractivity contribution in [2.45, 2.75) is 37.4 Å². The molecule has 1 heterocycles. The lowest BCUT2D eigenvalue weighted by atomic mass is 10.0. The van der Waals surface area contributed by atoms with Crippen molar-refractivity contribution in [1.82, 2.24) is 0 Å². The molecule has 0 aromatic heterocycles. The molecule has 1 aromatic carbocycles. The van der Waals surface area contributed by atoms with Gasteiger partial charge in [-0.3, -0.25) is 4.79 Å². The predicted molar refractivity (Wildman–Crippen MR) is 68.3 cm³/mol. The smallest absolute Gasteiger partial charge is 0.175 e. The second-order valence-electron chi connectivity index (χ2n) is 4.70. The van der Waals surface area contributed by atoms with Crippen LogP contribution in [-0.4, -0.2) is 16.8 Å². The van der Waals surface area contributed by atoms with E-state index in [2.05, 4.69) is 12.1 Å². The number of Topliss-reactive ketones (excluding diaryl/α,β-unsaturated/α-hetero) is 1. The van der Waals surface area contributed by atoms with Gasteiger partial charge in [-0.15, -0.1) is 0 Å². The van der Waals surface area contributed by atoms with E-state index in [0.717, 1.165) is 24.2 Å². The van der Waals surface area contributed by atoms with Crippen LogP contribution in [0, 0.1) is 0 Å². The molecule has 1 saturated heterocycles. The first-order valence-electron chi connectivity index (χ1n) is 6.12. The lowest BCUT2D eigenvalue weighted by Crippen LogP contribution is -2.14. The van der Waals surface area contributed by atoms with Crippen molar-refractivity contribution >= 4 is 17.5 Å². The largest absolute Gasteiger partial charge is 0.293 e. The van der Waals surface area contributed by atoms with Crippen molar-refractivity contribution < 1.29 is 4.79 Å². The molecule has 16 heavy (non-hydrogen) atoms. The van der Waals surface area contributed by atoms with E-state index in [-0.39, 0.29) is 5.25 Å². The average Bonchev–Trinajstić information content (AvgIpc) is 2.98. The van der Waals surface area contributed by atoms with E-state index >= 15 is 0 Å². The van der Waals surface area contributed by atoms with Crippen LogP contribution in [0.15, 0.2) is 18.2 Å². The van der Waals surface area contributed by atoms with Gasteiger partial charge in [0, 0.05) is 5.56 Å². The van der Waals surface area contributed by atoms with Gasteiger partial charge in [0.25, 0.3) is 0 Å². The zero-order valence-corrected chi connectivity index (χ0v) is 10.2. The highest BCUT2D eigenvalue weighted by Crippen LogP contribution is 2.30. The summed E-state index contributed by atoms with van der Waals surface area (Å²) < 4.78 is 0. The summed E-state index contributed by atoms with van der Waals surface area (Å²) in [4.78, 5) is 12.2. The lowest BCUT2D eigenvalue weighted by Gasteiger charge is -2.08. The molecule has 1 atom stereocenters. The van der Waals surface area contributed by atoms with Crippen molar-refractivity contribution in [2.24, 2.45) is 0 Å². The maximum absolute atomic E-state index is 12.2. The fraction of sp³-hybridized carbons (Fsp3) is 0.500. The van der Waals surface area contributed by atoms with E-state index in [0.29, 0.717) is 5.78 Å². The molecule has 1 nitrogen and oxygen atoms in total. The zero-order valence-electron chi connectivity index (χ0n) is 9.37. The number of benzene rings is 1. The van der Waals surface area contributed by atoms with Gasteiger partial charge in [0.05, 0.1) is 5.25 Å². The molecule has 2 heteroatoms. The van der Waals surface area contributed by atoms with Gasteiger partial charge in [-0.25, -0.2) is 0 Å². The Labute approximate surface area is 101 Å². The Morgan fingerprint density at radius 2 is 2.06 bits per heavy atom. The molecule has 1 unspecified atom stereocenters. The first-order valence-corrected chi connectivity index (χ1v) is 7.17. The third-order valence-corrected chi connectivity index (χ3v) is 4.98. The molecule has 0 radical (unpaired) electrons. The third kappa shape index (κ3) is 1.80. The Morgan fingerprint density at radius 3 is 2.88 bits per heavy atom. The number of carbonyl (C=O) groups is 1. The van der Waals surface area contributed by atoms with Crippen LogP contribution in [0.1, 0.15) is 40.7 Å². The first kappa shape index (κ1) is 10.4. The molecular weight excluding hydrogens is 216 g/mol. The Morgan fingerprint density at radius 1 is 1.19 bits per heavy atom. The Balaban J connectivity index is 1.86. The summed E-state index contributed by atoms with van der Waals surface area (Å²) in [7, 11) is 0. The number of rotatable bonds is 2. The number of hydrogen-bond donors (Lipinski definition) is 0. The minimum atomic E-state index is 0.236. The molecule has 2 aliphatic rings. The van der Waals surface area contributed by atoms with Gasteiger partial charge < -0.3 is 0 Å². The highest BCUT2D eigenvalue weighted by Gasteiger charge is 2.25. The molecule has 0 bridgehead atoms. The van der Waals surface area contributed by atoms with E-state index in [1.807, 2.05) is 17.8 Å². The standard InChI is InChI=1S/C14H16OS/c15-14(13-5-2-8-16-13)12-7-6-10-3-1-4-11(10)9-12/h6-7,9,13H,1-5,8H2. The van der Waals surface area contributed by atoms with Gasteiger partial charge in [0.2, 0.25) is 0 Å². The molecule has 1 aliphatic heterocycles. The summed E-state index contributed by atoms with van der Waals surface area (Å²) in [6, 6.07) is 6.34. The second-order valence-corrected chi connectivity index (χ2v) is 6.01. The van der Waals surface area contributed by atoms with Gasteiger partial charge in [0.15, 0.2) is 5.78 Å².